The molecule has 0 aliphatic carbocycles. The maximum absolute atomic E-state index is 13.9. The Labute approximate surface area is 156 Å². The average Bonchev–Trinajstić information content (AvgIpc) is 2.62. The highest BCUT2D eigenvalue weighted by molar-refractivity contribution is 5.96. The number of halogens is 1. The van der Waals surface area contributed by atoms with Crippen LogP contribution in [0.25, 0.3) is 0 Å². The van der Waals surface area contributed by atoms with Gasteiger partial charge in [-0.1, -0.05) is 38.5 Å². The minimum atomic E-state index is -0.722. The second kappa shape index (κ2) is 9.16. The number of nitrogens with two attached hydrogens (primary N) is 1. The van der Waals surface area contributed by atoms with E-state index in [1.54, 1.807) is 12.1 Å². The lowest BCUT2D eigenvalue weighted by Crippen LogP contribution is -2.42. The molecule has 1 aromatic heterocycles. The highest BCUT2D eigenvalue weighted by Gasteiger charge is 2.24. The molecule has 2 rings (SSSR count). The van der Waals surface area contributed by atoms with Crippen molar-refractivity contribution in [1.82, 2.24) is 9.55 Å². The molecule has 1 heterocycles. The molecule has 8 heteroatoms. The maximum Gasteiger partial charge on any atom is 0.330 e. The average molecular weight is 376 g/mol. The Kier molecular flexibility index (Phi) is 6.92. The smallest absolute Gasteiger partial charge is 0.330 e. The molecule has 0 bridgehead atoms. The lowest BCUT2D eigenvalue weighted by molar-refractivity contribution is -0.118. The Bertz CT molecular complexity index is 920. The summed E-state index contributed by atoms with van der Waals surface area (Å²) in [4.78, 5) is 40.8. The van der Waals surface area contributed by atoms with Crippen LogP contribution in [0.3, 0.4) is 0 Å². The van der Waals surface area contributed by atoms with Crippen molar-refractivity contribution in [2.75, 3.05) is 17.2 Å². The van der Waals surface area contributed by atoms with Gasteiger partial charge in [-0.25, -0.2) is 9.18 Å². The number of benzene rings is 1. The predicted octanol–water partition coefficient (Wildman–Crippen LogP) is 2.04. The number of anilines is 2. The van der Waals surface area contributed by atoms with E-state index in [-0.39, 0.29) is 30.0 Å². The molecule has 0 unspecified atom stereocenters. The van der Waals surface area contributed by atoms with Gasteiger partial charge in [0.2, 0.25) is 5.91 Å². The molecule has 0 aliphatic heterocycles. The number of rotatable bonds is 8. The normalized spacial score (nSPS) is 10.8. The van der Waals surface area contributed by atoms with E-state index >= 15 is 0 Å². The second-order valence-corrected chi connectivity index (χ2v) is 6.31. The van der Waals surface area contributed by atoms with Crippen LogP contribution in [0.4, 0.5) is 15.9 Å². The van der Waals surface area contributed by atoms with Crippen molar-refractivity contribution < 1.29 is 9.18 Å². The fraction of sp³-hybridized carbons (Fsp3) is 0.421. The van der Waals surface area contributed by atoms with Crippen LogP contribution in [0.15, 0.2) is 33.9 Å². The summed E-state index contributed by atoms with van der Waals surface area (Å²) in [5.41, 5.74) is 4.94. The zero-order valence-corrected chi connectivity index (χ0v) is 15.6. The van der Waals surface area contributed by atoms with Gasteiger partial charge in [0, 0.05) is 13.1 Å². The predicted molar refractivity (Wildman–Crippen MR) is 103 cm³/mol. The molecule has 27 heavy (non-hydrogen) atoms. The number of carbonyl (C=O) groups is 1. The van der Waals surface area contributed by atoms with Crippen LogP contribution in [0, 0.1) is 5.82 Å². The minimum absolute atomic E-state index is 0.0486. The van der Waals surface area contributed by atoms with E-state index < -0.39 is 23.0 Å². The zero-order chi connectivity index (χ0) is 20.0. The van der Waals surface area contributed by atoms with E-state index in [4.69, 9.17) is 5.73 Å². The molecular formula is C19H25FN4O3. The summed E-state index contributed by atoms with van der Waals surface area (Å²) in [5, 5.41) is 0. The van der Waals surface area contributed by atoms with E-state index in [1.807, 2.05) is 13.8 Å². The zero-order valence-electron chi connectivity index (χ0n) is 15.6. The van der Waals surface area contributed by atoms with Crippen LogP contribution in [0.5, 0.6) is 0 Å². The number of hydrogen-bond donors (Lipinski definition) is 2. The summed E-state index contributed by atoms with van der Waals surface area (Å²) in [6.45, 7) is 4.38. The topological polar surface area (TPSA) is 101 Å². The quantitative estimate of drug-likeness (QED) is 0.736. The third-order valence-electron chi connectivity index (χ3n) is 4.27. The molecule has 0 atom stereocenters. The van der Waals surface area contributed by atoms with Crippen molar-refractivity contribution in [3.05, 3.63) is 56.5 Å². The Balaban J connectivity index is 2.46. The van der Waals surface area contributed by atoms with Gasteiger partial charge in [-0.2, -0.15) is 0 Å². The number of hydrogen-bond acceptors (Lipinski definition) is 4. The summed E-state index contributed by atoms with van der Waals surface area (Å²) in [7, 11) is 0. The van der Waals surface area contributed by atoms with Gasteiger partial charge < -0.3 is 10.6 Å². The Morgan fingerprint density at radius 2 is 1.93 bits per heavy atom. The molecule has 0 fully saturated rings. The first-order chi connectivity index (χ1) is 12.9. The van der Waals surface area contributed by atoms with Crippen LogP contribution in [0.1, 0.15) is 38.7 Å². The van der Waals surface area contributed by atoms with E-state index in [2.05, 4.69) is 4.98 Å². The molecule has 7 nitrogen and oxygen atoms in total. The Hall–Kier alpha value is -2.90. The van der Waals surface area contributed by atoms with E-state index in [0.29, 0.717) is 19.4 Å². The van der Waals surface area contributed by atoms with Crippen molar-refractivity contribution in [2.45, 2.75) is 46.1 Å². The molecule has 0 saturated heterocycles. The van der Waals surface area contributed by atoms with Crippen molar-refractivity contribution in [3.63, 3.8) is 0 Å². The molecule has 0 spiro atoms. The van der Waals surface area contributed by atoms with E-state index in [9.17, 15) is 18.8 Å². The summed E-state index contributed by atoms with van der Waals surface area (Å²) in [6.07, 6.45) is 1.90. The minimum Gasteiger partial charge on any atom is -0.383 e. The van der Waals surface area contributed by atoms with Crippen LogP contribution in [-0.2, 0) is 17.8 Å². The monoisotopic (exact) mass is 376 g/mol. The van der Waals surface area contributed by atoms with Gasteiger partial charge in [0.25, 0.3) is 5.56 Å². The number of amides is 1. The fourth-order valence-corrected chi connectivity index (χ4v) is 2.86. The summed E-state index contributed by atoms with van der Waals surface area (Å²) in [5.74, 6) is -0.996. The van der Waals surface area contributed by atoms with E-state index in [1.165, 1.54) is 21.6 Å². The largest absolute Gasteiger partial charge is 0.383 e. The molecule has 146 valence electrons. The van der Waals surface area contributed by atoms with Gasteiger partial charge in [0.15, 0.2) is 5.69 Å². The standard InChI is InChI=1S/C19H25FN4O3/c1-3-5-11-24-17(21)16(18(26)22-19(24)27)23(10-4-2)15(25)12-13-8-6-7-9-14(13)20/h6-9H,3-5,10-12,21H2,1-2H3,(H,22,26,27). The number of nitrogens with one attached hydrogen (secondary N) is 1. The molecular weight excluding hydrogens is 351 g/mol. The molecule has 0 saturated carbocycles. The third kappa shape index (κ3) is 4.64. The first-order valence-corrected chi connectivity index (χ1v) is 9.07. The number of nitrogens with zero attached hydrogens (tertiary/aromatic N) is 2. The number of H-pyrrole nitrogens is 1. The lowest BCUT2D eigenvalue weighted by atomic mass is 10.1. The number of unbranched alkanes of at least 4 members (excludes halogenated alkanes) is 1. The molecule has 0 aliphatic rings. The summed E-state index contributed by atoms with van der Waals surface area (Å²) >= 11 is 0. The van der Waals surface area contributed by atoms with Gasteiger partial charge >= 0.3 is 5.69 Å². The van der Waals surface area contributed by atoms with Crippen LogP contribution < -0.4 is 21.9 Å². The first-order valence-electron chi connectivity index (χ1n) is 9.07. The van der Waals surface area contributed by atoms with Gasteiger partial charge in [-0.15, -0.1) is 0 Å². The van der Waals surface area contributed by atoms with Gasteiger partial charge in [0.1, 0.15) is 11.6 Å². The van der Waals surface area contributed by atoms with Crippen molar-refractivity contribution in [3.8, 4) is 0 Å². The fourth-order valence-electron chi connectivity index (χ4n) is 2.86. The van der Waals surface area contributed by atoms with Crippen molar-refractivity contribution in [1.29, 1.82) is 0 Å². The molecule has 1 amide bonds. The lowest BCUT2D eigenvalue weighted by Gasteiger charge is -2.24. The highest BCUT2D eigenvalue weighted by atomic mass is 19.1. The van der Waals surface area contributed by atoms with E-state index in [0.717, 1.165) is 6.42 Å². The first kappa shape index (κ1) is 20.4. The number of nitrogen functional groups attached to an aromatic ring is 1. The van der Waals surface area contributed by atoms with Gasteiger partial charge in [0.05, 0.1) is 6.42 Å². The van der Waals surface area contributed by atoms with Crippen molar-refractivity contribution >= 4 is 17.4 Å². The number of carbonyl (C=O) groups excluding carboxylic acids is 1. The SMILES string of the molecule is CCCCn1c(N)c(N(CCC)C(=O)Cc2ccccc2F)c(=O)[nH]c1=O. The third-order valence-corrected chi connectivity index (χ3v) is 4.27. The molecule has 0 radical (unpaired) electrons. The maximum atomic E-state index is 13.9. The highest BCUT2D eigenvalue weighted by Crippen LogP contribution is 2.19. The molecule has 1 aromatic carbocycles. The summed E-state index contributed by atoms with van der Waals surface area (Å²) in [6, 6.07) is 5.98. The summed E-state index contributed by atoms with van der Waals surface area (Å²) < 4.78 is 15.2. The Morgan fingerprint density at radius 1 is 1.22 bits per heavy atom. The van der Waals surface area contributed by atoms with Gasteiger partial charge in [-0.05, 0) is 24.5 Å². The van der Waals surface area contributed by atoms with Crippen LogP contribution in [0.2, 0.25) is 0 Å². The van der Waals surface area contributed by atoms with Crippen LogP contribution in [-0.4, -0.2) is 22.0 Å². The number of aromatic amines is 1. The van der Waals surface area contributed by atoms with Crippen molar-refractivity contribution in [2.24, 2.45) is 0 Å². The van der Waals surface area contributed by atoms with Crippen LogP contribution >= 0.6 is 0 Å². The van der Waals surface area contributed by atoms with Gasteiger partial charge in [-0.3, -0.25) is 19.1 Å². The molecule has 3 N–H and O–H groups in total. The number of aromatic nitrogens is 2. The molecule has 2 aromatic rings. The Morgan fingerprint density at radius 3 is 2.56 bits per heavy atom. The second-order valence-electron chi connectivity index (χ2n) is 6.31.